The largest absolute Gasteiger partial charge is 0.307 e. The van der Waals surface area contributed by atoms with E-state index in [4.69, 9.17) is 0 Å². The van der Waals surface area contributed by atoms with Crippen LogP contribution in [0.1, 0.15) is 51.6 Å². The number of benzene rings is 1. The highest BCUT2D eigenvalue weighted by Gasteiger charge is 2.21. The summed E-state index contributed by atoms with van der Waals surface area (Å²) in [5.74, 6) is 0. The lowest BCUT2D eigenvalue weighted by atomic mass is 9.99. The van der Waals surface area contributed by atoms with Crippen molar-refractivity contribution in [1.82, 2.24) is 10.2 Å². The van der Waals surface area contributed by atoms with Crippen molar-refractivity contribution in [2.75, 3.05) is 19.6 Å². The van der Waals surface area contributed by atoms with Crippen molar-refractivity contribution in [3.63, 3.8) is 0 Å². The second kappa shape index (κ2) is 8.35. The zero-order valence-corrected chi connectivity index (χ0v) is 13.8. The van der Waals surface area contributed by atoms with Crippen LogP contribution in [0.25, 0.3) is 0 Å². The van der Waals surface area contributed by atoms with Crippen molar-refractivity contribution in [3.8, 4) is 0 Å². The van der Waals surface area contributed by atoms with Gasteiger partial charge in [0.2, 0.25) is 0 Å². The topological polar surface area (TPSA) is 15.3 Å². The Hall–Kier alpha value is -1.12. The van der Waals surface area contributed by atoms with E-state index < -0.39 is 0 Å². The first-order chi connectivity index (χ1) is 10.2. The number of rotatable bonds is 6. The molecule has 1 heterocycles. The molecule has 0 spiro atoms. The van der Waals surface area contributed by atoms with Gasteiger partial charge in [-0.1, -0.05) is 48.9 Å². The van der Waals surface area contributed by atoms with Crippen LogP contribution in [-0.4, -0.2) is 30.6 Å². The van der Waals surface area contributed by atoms with Crippen molar-refractivity contribution >= 4 is 0 Å². The van der Waals surface area contributed by atoms with Crippen molar-refractivity contribution in [1.29, 1.82) is 0 Å². The third-order valence-corrected chi connectivity index (χ3v) is 4.39. The lowest BCUT2D eigenvalue weighted by Gasteiger charge is -2.34. The van der Waals surface area contributed by atoms with Crippen LogP contribution in [0.15, 0.2) is 42.0 Å². The van der Waals surface area contributed by atoms with Crippen LogP contribution in [0.4, 0.5) is 0 Å². The molecule has 2 rings (SSSR count). The summed E-state index contributed by atoms with van der Waals surface area (Å²) in [4.78, 5) is 2.56. The van der Waals surface area contributed by atoms with Gasteiger partial charge >= 0.3 is 0 Å². The predicted molar refractivity (Wildman–Crippen MR) is 91.5 cm³/mol. The number of hydrogen-bond donors (Lipinski definition) is 1. The molecule has 1 fully saturated rings. The Kier molecular flexibility index (Phi) is 6.47. The number of allylic oxidation sites excluding steroid dienone is 1. The maximum atomic E-state index is 3.87. The zero-order valence-electron chi connectivity index (χ0n) is 13.8. The van der Waals surface area contributed by atoms with Crippen LogP contribution >= 0.6 is 0 Å². The summed E-state index contributed by atoms with van der Waals surface area (Å²) in [7, 11) is 0. The lowest BCUT2D eigenvalue weighted by molar-refractivity contribution is 0.205. The Balaban J connectivity index is 1.81. The van der Waals surface area contributed by atoms with E-state index >= 15 is 0 Å². The van der Waals surface area contributed by atoms with Gasteiger partial charge in [0.1, 0.15) is 0 Å². The summed E-state index contributed by atoms with van der Waals surface area (Å²) in [6.45, 7) is 10.2. The van der Waals surface area contributed by atoms with E-state index in [1.165, 1.54) is 37.1 Å². The number of piperidine rings is 1. The van der Waals surface area contributed by atoms with Gasteiger partial charge in [-0.2, -0.15) is 0 Å². The Bertz CT molecular complexity index is 426. The third kappa shape index (κ3) is 5.29. The summed E-state index contributed by atoms with van der Waals surface area (Å²) in [6, 6.07) is 12.0. The SMILES string of the molecule is CCC(NC1CCN(CC=C(C)C)CC1)c1ccccc1. The van der Waals surface area contributed by atoms with E-state index in [1.54, 1.807) is 0 Å². The number of hydrogen-bond acceptors (Lipinski definition) is 2. The molecule has 2 heteroatoms. The van der Waals surface area contributed by atoms with Gasteiger partial charge < -0.3 is 5.32 Å². The zero-order chi connectivity index (χ0) is 15.1. The first-order valence-electron chi connectivity index (χ1n) is 8.35. The first-order valence-corrected chi connectivity index (χ1v) is 8.35. The fraction of sp³-hybridized carbons (Fsp3) is 0.579. The minimum absolute atomic E-state index is 0.500. The Morgan fingerprint density at radius 3 is 2.48 bits per heavy atom. The molecule has 0 bridgehead atoms. The van der Waals surface area contributed by atoms with Gasteiger partial charge in [-0.15, -0.1) is 0 Å². The molecule has 116 valence electrons. The average Bonchev–Trinajstić information content (AvgIpc) is 2.52. The Morgan fingerprint density at radius 1 is 1.24 bits per heavy atom. The molecule has 1 N–H and O–H groups in total. The summed E-state index contributed by atoms with van der Waals surface area (Å²) >= 11 is 0. The van der Waals surface area contributed by atoms with Crippen LogP contribution in [0.2, 0.25) is 0 Å². The van der Waals surface area contributed by atoms with Gasteiger partial charge in [0.05, 0.1) is 0 Å². The molecule has 1 unspecified atom stereocenters. The highest BCUT2D eigenvalue weighted by atomic mass is 15.1. The van der Waals surface area contributed by atoms with Gasteiger partial charge in [0.15, 0.2) is 0 Å². The van der Waals surface area contributed by atoms with Crippen LogP contribution < -0.4 is 5.32 Å². The molecule has 0 aromatic heterocycles. The fourth-order valence-corrected chi connectivity index (χ4v) is 3.01. The normalized spacial score (nSPS) is 18.4. The quantitative estimate of drug-likeness (QED) is 0.790. The molecule has 0 saturated carbocycles. The van der Waals surface area contributed by atoms with E-state index in [9.17, 15) is 0 Å². The minimum atomic E-state index is 0.500. The molecule has 0 radical (unpaired) electrons. The van der Waals surface area contributed by atoms with Gasteiger partial charge in [0.25, 0.3) is 0 Å². The average molecular weight is 286 g/mol. The van der Waals surface area contributed by atoms with Gasteiger partial charge in [-0.25, -0.2) is 0 Å². The molecule has 1 saturated heterocycles. The summed E-state index contributed by atoms with van der Waals surface area (Å²) in [6.07, 6.45) is 6.02. The molecule has 0 aliphatic carbocycles. The van der Waals surface area contributed by atoms with Crippen LogP contribution in [0.5, 0.6) is 0 Å². The molecule has 1 aliphatic heterocycles. The Morgan fingerprint density at radius 2 is 1.90 bits per heavy atom. The monoisotopic (exact) mass is 286 g/mol. The summed E-state index contributed by atoms with van der Waals surface area (Å²) in [5.41, 5.74) is 2.84. The van der Waals surface area contributed by atoms with Crippen molar-refractivity contribution < 1.29 is 0 Å². The number of nitrogens with zero attached hydrogens (tertiary/aromatic N) is 1. The molecule has 1 atom stereocenters. The van der Waals surface area contributed by atoms with E-state index in [2.05, 4.69) is 67.4 Å². The summed E-state index contributed by atoms with van der Waals surface area (Å²) < 4.78 is 0. The molecule has 1 aromatic rings. The first kappa shape index (κ1) is 16.3. The highest BCUT2D eigenvalue weighted by Crippen LogP contribution is 2.20. The lowest BCUT2D eigenvalue weighted by Crippen LogP contribution is -2.43. The van der Waals surface area contributed by atoms with Gasteiger partial charge in [-0.3, -0.25) is 4.90 Å². The number of nitrogens with one attached hydrogen (secondary N) is 1. The van der Waals surface area contributed by atoms with Gasteiger partial charge in [-0.05, 0) is 51.8 Å². The van der Waals surface area contributed by atoms with E-state index in [-0.39, 0.29) is 0 Å². The van der Waals surface area contributed by atoms with Crippen molar-refractivity contribution in [2.24, 2.45) is 0 Å². The highest BCUT2D eigenvalue weighted by molar-refractivity contribution is 5.18. The predicted octanol–water partition coefficient (Wildman–Crippen LogP) is 4.16. The summed E-state index contributed by atoms with van der Waals surface area (Å²) in [5, 5.41) is 3.87. The van der Waals surface area contributed by atoms with Crippen molar-refractivity contribution in [3.05, 3.63) is 47.5 Å². The maximum Gasteiger partial charge on any atom is 0.0320 e. The minimum Gasteiger partial charge on any atom is -0.307 e. The van der Waals surface area contributed by atoms with Gasteiger partial charge in [0, 0.05) is 18.6 Å². The van der Waals surface area contributed by atoms with Crippen LogP contribution in [0, 0.1) is 0 Å². The van der Waals surface area contributed by atoms with Crippen LogP contribution in [0.3, 0.4) is 0 Å². The molecular formula is C19H30N2. The standard InChI is InChI=1S/C19H30N2/c1-4-19(17-8-6-5-7-9-17)20-18-11-14-21(15-12-18)13-10-16(2)3/h5-10,18-20H,4,11-15H2,1-3H3. The molecule has 1 aliphatic rings. The second-order valence-corrected chi connectivity index (χ2v) is 6.39. The molecule has 21 heavy (non-hydrogen) atoms. The second-order valence-electron chi connectivity index (χ2n) is 6.39. The van der Waals surface area contributed by atoms with E-state index in [1.807, 2.05) is 0 Å². The third-order valence-electron chi connectivity index (χ3n) is 4.39. The number of likely N-dealkylation sites (tertiary alicyclic amines) is 1. The molecular weight excluding hydrogens is 256 g/mol. The van der Waals surface area contributed by atoms with E-state index in [0.29, 0.717) is 12.1 Å². The smallest absolute Gasteiger partial charge is 0.0320 e. The molecule has 0 amide bonds. The Labute approximate surface area is 130 Å². The molecule has 2 nitrogen and oxygen atoms in total. The maximum absolute atomic E-state index is 3.87. The fourth-order valence-electron chi connectivity index (χ4n) is 3.01. The van der Waals surface area contributed by atoms with Crippen LogP contribution in [-0.2, 0) is 0 Å². The van der Waals surface area contributed by atoms with Crippen molar-refractivity contribution in [2.45, 2.75) is 52.1 Å². The molecule has 1 aromatic carbocycles. The van der Waals surface area contributed by atoms with E-state index in [0.717, 1.165) is 13.0 Å².